The zero-order valence-electron chi connectivity index (χ0n) is 10.8. The lowest BCUT2D eigenvalue weighted by Gasteiger charge is -2.10. The van der Waals surface area contributed by atoms with Crippen LogP contribution < -0.4 is 11.1 Å². The predicted molar refractivity (Wildman–Crippen MR) is 70.2 cm³/mol. The highest BCUT2D eigenvalue weighted by Gasteiger charge is 2.18. The van der Waals surface area contributed by atoms with E-state index in [0.29, 0.717) is 17.5 Å². The number of hydrogen-bond acceptors (Lipinski definition) is 3. The summed E-state index contributed by atoms with van der Waals surface area (Å²) >= 11 is 0. The van der Waals surface area contributed by atoms with Crippen LogP contribution in [0.25, 0.3) is 0 Å². The smallest absolute Gasteiger partial charge is 0.254 e. The fourth-order valence-electron chi connectivity index (χ4n) is 2.26. The molecule has 1 aliphatic carbocycles. The van der Waals surface area contributed by atoms with E-state index in [0.717, 1.165) is 12.8 Å². The Morgan fingerprint density at radius 2 is 2.32 bits per heavy atom. The van der Waals surface area contributed by atoms with Gasteiger partial charge in [-0.1, -0.05) is 12.8 Å². The normalized spacial score (nSPS) is 16.8. The van der Waals surface area contributed by atoms with E-state index in [9.17, 15) is 9.18 Å². The summed E-state index contributed by atoms with van der Waals surface area (Å²) in [6, 6.07) is 0.279. The minimum Gasteiger partial charge on any atom is -0.349 e. The van der Waals surface area contributed by atoms with Gasteiger partial charge in [0.25, 0.3) is 5.91 Å². The van der Waals surface area contributed by atoms with E-state index >= 15 is 0 Å². The molecule has 0 bridgehead atoms. The Labute approximate surface area is 111 Å². The Morgan fingerprint density at radius 1 is 1.58 bits per heavy atom. The second kappa shape index (κ2) is 6.47. The molecule has 0 saturated heterocycles. The van der Waals surface area contributed by atoms with Crippen molar-refractivity contribution in [1.29, 1.82) is 0 Å². The number of nitrogens with zero attached hydrogens (tertiary/aromatic N) is 2. The molecule has 1 heterocycles. The summed E-state index contributed by atoms with van der Waals surface area (Å²) in [4.78, 5) is 12.0. The van der Waals surface area contributed by atoms with E-state index < -0.39 is 0 Å². The molecule has 19 heavy (non-hydrogen) atoms. The number of halogens is 1. The lowest BCUT2D eigenvalue weighted by molar-refractivity contribution is 0.0938. The maximum absolute atomic E-state index is 12.4. The average Bonchev–Trinajstić information content (AvgIpc) is 3.07. The molecule has 0 spiro atoms. The van der Waals surface area contributed by atoms with Crippen molar-refractivity contribution in [3.63, 3.8) is 0 Å². The molecule has 2 rings (SSSR count). The minimum absolute atomic E-state index is 0.114. The van der Waals surface area contributed by atoms with Crippen LogP contribution in [0.15, 0.2) is 24.3 Å². The molecular formula is C13H19FN4O. The molecule has 0 aliphatic heterocycles. The van der Waals surface area contributed by atoms with E-state index in [2.05, 4.69) is 10.4 Å². The van der Waals surface area contributed by atoms with Crippen molar-refractivity contribution in [3.05, 3.63) is 29.9 Å². The Bertz CT molecular complexity index is 463. The zero-order valence-corrected chi connectivity index (χ0v) is 10.8. The first kappa shape index (κ1) is 13.7. The molecule has 1 aromatic rings. The molecule has 0 unspecified atom stereocenters. The number of aromatic nitrogens is 2. The minimum atomic E-state index is -0.114. The summed E-state index contributed by atoms with van der Waals surface area (Å²) in [5, 5.41) is 7.02. The van der Waals surface area contributed by atoms with E-state index in [-0.39, 0.29) is 25.0 Å². The highest BCUT2D eigenvalue weighted by molar-refractivity contribution is 5.93. The predicted octanol–water partition coefficient (Wildman–Crippen LogP) is 1.37. The number of nitrogens with two attached hydrogens (primary N) is 1. The van der Waals surface area contributed by atoms with Gasteiger partial charge in [-0.3, -0.25) is 9.48 Å². The Hall–Kier alpha value is -1.69. The molecule has 3 N–H and O–H groups in total. The summed E-state index contributed by atoms with van der Waals surface area (Å²) < 4.78 is 13.9. The van der Waals surface area contributed by atoms with Crippen LogP contribution in [-0.2, 0) is 6.54 Å². The maximum atomic E-state index is 12.4. The second-order valence-electron chi connectivity index (χ2n) is 4.85. The summed E-state index contributed by atoms with van der Waals surface area (Å²) in [6.07, 6.45) is 8.03. The van der Waals surface area contributed by atoms with Gasteiger partial charge in [0.05, 0.1) is 24.6 Å². The molecule has 104 valence electrons. The van der Waals surface area contributed by atoms with Gasteiger partial charge in [0.15, 0.2) is 0 Å². The molecule has 0 aromatic carbocycles. The van der Waals surface area contributed by atoms with Crippen molar-refractivity contribution in [2.24, 2.45) is 5.73 Å². The molecule has 6 heteroatoms. The lowest BCUT2D eigenvalue weighted by Crippen LogP contribution is -2.32. The second-order valence-corrected chi connectivity index (χ2v) is 4.85. The van der Waals surface area contributed by atoms with Crippen LogP contribution >= 0.6 is 0 Å². The maximum Gasteiger partial charge on any atom is 0.254 e. The van der Waals surface area contributed by atoms with E-state index in [4.69, 9.17) is 5.73 Å². The van der Waals surface area contributed by atoms with E-state index in [1.807, 2.05) is 0 Å². The lowest BCUT2D eigenvalue weighted by atomic mass is 10.2. The molecule has 0 atom stereocenters. The van der Waals surface area contributed by atoms with Crippen LogP contribution in [0, 0.1) is 0 Å². The van der Waals surface area contributed by atoms with Gasteiger partial charge in [-0.05, 0) is 18.4 Å². The third-order valence-corrected chi connectivity index (χ3v) is 3.37. The van der Waals surface area contributed by atoms with Gasteiger partial charge in [0, 0.05) is 18.8 Å². The summed E-state index contributed by atoms with van der Waals surface area (Å²) in [5.74, 6) is -0.114. The first-order valence-corrected chi connectivity index (χ1v) is 6.54. The molecule has 1 amide bonds. The van der Waals surface area contributed by atoms with Crippen LogP contribution in [0.5, 0.6) is 0 Å². The zero-order chi connectivity index (χ0) is 13.7. The first-order valence-electron chi connectivity index (χ1n) is 6.54. The van der Waals surface area contributed by atoms with Crippen LogP contribution in [0.1, 0.15) is 36.0 Å². The molecule has 1 aromatic heterocycles. The molecule has 5 nitrogen and oxygen atoms in total. The Balaban J connectivity index is 1.94. The molecular weight excluding hydrogens is 247 g/mol. The van der Waals surface area contributed by atoms with Crippen molar-refractivity contribution in [2.45, 2.75) is 38.3 Å². The summed E-state index contributed by atoms with van der Waals surface area (Å²) in [7, 11) is 0. The highest BCUT2D eigenvalue weighted by Crippen LogP contribution is 2.18. The average molecular weight is 266 g/mol. The largest absolute Gasteiger partial charge is 0.349 e. The van der Waals surface area contributed by atoms with Crippen LogP contribution in [0.3, 0.4) is 0 Å². The molecule has 1 saturated carbocycles. The Morgan fingerprint density at radius 3 is 2.95 bits per heavy atom. The van der Waals surface area contributed by atoms with Gasteiger partial charge in [-0.15, -0.1) is 0 Å². The van der Waals surface area contributed by atoms with Gasteiger partial charge < -0.3 is 11.1 Å². The van der Waals surface area contributed by atoms with Crippen LogP contribution in [0.2, 0.25) is 0 Å². The standard InChI is InChI=1S/C13H19FN4O/c14-5-10(6-15)8-18-9-11(7-16-18)13(19)17-12-3-1-2-4-12/h5,7,9,12H,1-4,6,8,15H2,(H,17,19)/b10-5+. The Kier molecular flexibility index (Phi) is 4.68. The topological polar surface area (TPSA) is 72.9 Å². The number of carbonyl (C=O) groups excluding carboxylic acids is 1. The van der Waals surface area contributed by atoms with E-state index in [1.165, 1.54) is 23.7 Å². The monoisotopic (exact) mass is 266 g/mol. The van der Waals surface area contributed by atoms with Crippen molar-refractivity contribution in [2.75, 3.05) is 6.54 Å². The van der Waals surface area contributed by atoms with Gasteiger partial charge in [-0.25, -0.2) is 4.39 Å². The van der Waals surface area contributed by atoms with Crippen molar-refractivity contribution >= 4 is 5.91 Å². The van der Waals surface area contributed by atoms with Gasteiger partial charge >= 0.3 is 0 Å². The number of carbonyl (C=O) groups is 1. The van der Waals surface area contributed by atoms with E-state index in [1.54, 1.807) is 6.20 Å². The number of nitrogens with one attached hydrogen (secondary N) is 1. The fraction of sp³-hybridized carbons (Fsp3) is 0.538. The van der Waals surface area contributed by atoms with Crippen molar-refractivity contribution in [3.8, 4) is 0 Å². The van der Waals surface area contributed by atoms with Crippen molar-refractivity contribution in [1.82, 2.24) is 15.1 Å². The number of amides is 1. The first-order chi connectivity index (χ1) is 9.22. The van der Waals surface area contributed by atoms with Crippen LogP contribution in [0.4, 0.5) is 4.39 Å². The van der Waals surface area contributed by atoms with Gasteiger partial charge in [-0.2, -0.15) is 5.10 Å². The third-order valence-electron chi connectivity index (χ3n) is 3.37. The van der Waals surface area contributed by atoms with Gasteiger partial charge in [0.2, 0.25) is 0 Å². The molecule has 0 radical (unpaired) electrons. The fourth-order valence-corrected chi connectivity index (χ4v) is 2.26. The van der Waals surface area contributed by atoms with Crippen molar-refractivity contribution < 1.29 is 9.18 Å². The molecule has 1 fully saturated rings. The number of rotatable bonds is 5. The highest BCUT2D eigenvalue weighted by atomic mass is 19.1. The third kappa shape index (κ3) is 3.64. The number of hydrogen-bond donors (Lipinski definition) is 2. The van der Waals surface area contributed by atoms with Crippen LogP contribution in [-0.4, -0.2) is 28.3 Å². The quantitative estimate of drug-likeness (QED) is 0.845. The SMILES string of the molecule is NC/C(=C\F)Cn1cc(C(=O)NC2CCCC2)cn1. The summed E-state index contributed by atoms with van der Waals surface area (Å²) in [5.41, 5.74) is 6.32. The summed E-state index contributed by atoms with van der Waals surface area (Å²) in [6.45, 7) is 0.406. The van der Waals surface area contributed by atoms with Gasteiger partial charge in [0.1, 0.15) is 0 Å². The molecule has 1 aliphatic rings.